The Kier molecular flexibility index (Phi) is 8.46. The van der Waals surface area contributed by atoms with E-state index in [9.17, 15) is 4.79 Å². The van der Waals surface area contributed by atoms with E-state index in [1.54, 1.807) is 18.9 Å². The molecule has 1 saturated heterocycles. The number of carbonyl (C=O) groups is 1. The summed E-state index contributed by atoms with van der Waals surface area (Å²) >= 11 is 1.54. The molecule has 35 heavy (non-hydrogen) atoms. The summed E-state index contributed by atoms with van der Waals surface area (Å²) < 4.78 is 11.5. The standard InChI is InChI=1S/C26H31N5O3S/c1-30-12-14-31(15-13-30)24-11-10-23(35-22-5-3-4-20(16-22)28-25(32)17-27)26(29-24)34-18-19-6-8-21(33-2)9-7-19/h3-11,16H,12-15,17-18,27H2,1-2H3,(H,28,32). The highest BCUT2D eigenvalue weighted by molar-refractivity contribution is 7.99. The fourth-order valence-electron chi connectivity index (χ4n) is 3.66. The zero-order valence-electron chi connectivity index (χ0n) is 20.1. The van der Waals surface area contributed by atoms with Gasteiger partial charge in [0.1, 0.15) is 18.2 Å². The van der Waals surface area contributed by atoms with E-state index < -0.39 is 0 Å². The first-order chi connectivity index (χ1) is 17.0. The van der Waals surface area contributed by atoms with Crippen LogP contribution in [0.2, 0.25) is 0 Å². The van der Waals surface area contributed by atoms with Crippen LogP contribution in [0.25, 0.3) is 0 Å². The summed E-state index contributed by atoms with van der Waals surface area (Å²) in [5.41, 5.74) is 7.16. The molecule has 0 aliphatic carbocycles. The van der Waals surface area contributed by atoms with Gasteiger partial charge in [-0.2, -0.15) is 4.98 Å². The Balaban J connectivity index is 1.56. The largest absolute Gasteiger partial charge is 0.497 e. The van der Waals surface area contributed by atoms with Crippen LogP contribution in [0.4, 0.5) is 11.5 Å². The lowest BCUT2D eigenvalue weighted by atomic mass is 10.2. The van der Waals surface area contributed by atoms with Crippen molar-refractivity contribution < 1.29 is 14.3 Å². The van der Waals surface area contributed by atoms with Crippen molar-refractivity contribution >= 4 is 29.2 Å². The number of ether oxygens (including phenoxy) is 2. The van der Waals surface area contributed by atoms with Gasteiger partial charge in [-0.05, 0) is 55.1 Å². The molecule has 8 nitrogen and oxygen atoms in total. The minimum atomic E-state index is -0.228. The number of benzene rings is 2. The van der Waals surface area contributed by atoms with Gasteiger partial charge in [0.25, 0.3) is 0 Å². The smallest absolute Gasteiger partial charge is 0.238 e. The van der Waals surface area contributed by atoms with Crippen LogP contribution in [0.1, 0.15) is 5.56 Å². The summed E-state index contributed by atoms with van der Waals surface area (Å²) in [7, 11) is 3.79. The third kappa shape index (κ3) is 6.88. The van der Waals surface area contributed by atoms with Gasteiger partial charge < -0.3 is 30.3 Å². The highest BCUT2D eigenvalue weighted by atomic mass is 32.2. The molecule has 0 spiro atoms. The highest BCUT2D eigenvalue weighted by Gasteiger charge is 2.18. The number of rotatable bonds is 9. The Hall–Kier alpha value is -3.27. The number of pyridine rings is 1. The molecule has 4 rings (SSSR count). The topological polar surface area (TPSA) is 93.0 Å². The van der Waals surface area contributed by atoms with Gasteiger partial charge in [-0.3, -0.25) is 4.79 Å². The lowest BCUT2D eigenvalue weighted by molar-refractivity contribution is -0.114. The van der Waals surface area contributed by atoms with Crippen molar-refractivity contribution in [2.45, 2.75) is 16.4 Å². The van der Waals surface area contributed by atoms with Crippen molar-refractivity contribution in [2.24, 2.45) is 5.73 Å². The number of nitrogens with two attached hydrogens (primary N) is 1. The number of piperazine rings is 1. The van der Waals surface area contributed by atoms with E-state index in [2.05, 4.69) is 28.2 Å². The second-order valence-electron chi connectivity index (χ2n) is 8.28. The van der Waals surface area contributed by atoms with E-state index in [0.29, 0.717) is 18.2 Å². The molecule has 3 aromatic rings. The van der Waals surface area contributed by atoms with Crippen LogP contribution < -0.4 is 25.4 Å². The molecule has 0 saturated carbocycles. The maximum atomic E-state index is 11.7. The van der Waals surface area contributed by atoms with E-state index in [1.807, 2.05) is 54.6 Å². The van der Waals surface area contributed by atoms with Crippen LogP contribution >= 0.6 is 11.8 Å². The van der Waals surface area contributed by atoms with Crippen molar-refractivity contribution in [3.8, 4) is 11.6 Å². The number of nitrogens with one attached hydrogen (secondary N) is 1. The molecule has 184 valence electrons. The minimum absolute atomic E-state index is 0.0572. The molecular formula is C26H31N5O3S. The number of anilines is 2. The van der Waals surface area contributed by atoms with E-state index in [4.69, 9.17) is 20.2 Å². The van der Waals surface area contributed by atoms with E-state index in [-0.39, 0.29) is 12.5 Å². The summed E-state index contributed by atoms with van der Waals surface area (Å²) in [5.74, 6) is 2.07. The summed E-state index contributed by atoms with van der Waals surface area (Å²) in [5, 5.41) is 2.80. The van der Waals surface area contributed by atoms with Gasteiger partial charge in [0.05, 0.1) is 18.6 Å². The Morgan fingerprint density at radius 1 is 1.09 bits per heavy atom. The van der Waals surface area contributed by atoms with Crippen LogP contribution in [0, 0.1) is 0 Å². The minimum Gasteiger partial charge on any atom is -0.497 e. The average Bonchev–Trinajstić information content (AvgIpc) is 2.89. The van der Waals surface area contributed by atoms with Crippen LogP contribution in [-0.2, 0) is 11.4 Å². The average molecular weight is 494 g/mol. The summed E-state index contributed by atoms with van der Waals surface area (Å²) in [6, 6.07) is 19.6. The van der Waals surface area contributed by atoms with Gasteiger partial charge in [0, 0.05) is 36.8 Å². The van der Waals surface area contributed by atoms with Crippen LogP contribution in [-0.4, -0.2) is 62.7 Å². The number of carbonyl (C=O) groups excluding carboxylic acids is 1. The number of nitrogens with zero attached hydrogens (tertiary/aromatic N) is 3. The van der Waals surface area contributed by atoms with Gasteiger partial charge >= 0.3 is 0 Å². The Labute approximate surface area is 210 Å². The van der Waals surface area contributed by atoms with Crippen molar-refractivity contribution in [3.05, 3.63) is 66.2 Å². The first-order valence-electron chi connectivity index (χ1n) is 11.5. The molecule has 2 heterocycles. The number of amides is 1. The maximum Gasteiger partial charge on any atom is 0.238 e. The molecular weight excluding hydrogens is 462 g/mol. The molecule has 2 aromatic carbocycles. The lowest BCUT2D eigenvalue weighted by Crippen LogP contribution is -2.44. The lowest BCUT2D eigenvalue weighted by Gasteiger charge is -2.33. The monoisotopic (exact) mass is 493 g/mol. The van der Waals surface area contributed by atoms with Crippen molar-refractivity contribution in [2.75, 3.05) is 57.1 Å². The third-order valence-corrected chi connectivity index (χ3v) is 6.72. The summed E-state index contributed by atoms with van der Waals surface area (Å²) in [4.78, 5) is 23.1. The third-order valence-electron chi connectivity index (χ3n) is 5.70. The first-order valence-corrected chi connectivity index (χ1v) is 12.3. The number of likely N-dealkylation sites (N-methyl/N-ethyl adjacent to an activating group) is 1. The molecule has 1 aliphatic rings. The van der Waals surface area contributed by atoms with Crippen molar-refractivity contribution in [1.29, 1.82) is 0 Å². The fourth-order valence-corrected chi connectivity index (χ4v) is 4.57. The predicted octanol–water partition coefficient (Wildman–Crippen LogP) is 3.47. The van der Waals surface area contributed by atoms with E-state index >= 15 is 0 Å². The fraction of sp³-hybridized carbons (Fsp3) is 0.308. The van der Waals surface area contributed by atoms with Gasteiger partial charge in [-0.1, -0.05) is 30.0 Å². The van der Waals surface area contributed by atoms with Crippen LogP contribution in [0.15, 0.2) is 70.5 Å². The first kappa shape index (κ1) is 24.8. The van der Waals surface area contributed by atoms with Crippen LogP contribution in [0.3, 0.4) is 0 Å². The molecule has 0 atom stereocenters. The molecule has 0 unspecified atom stereocenters. The molecule has 0 radical (unpaired) electrons. The molecule has 1 aromatic heterocycles. The SMILES string of the molecule is COc1ccc(COc2nc(N3CCN(C)CC3)ccc2Sc2cccc(NC(=O)CN)c2)cc1. The van der Waals surface area contributed by atoms with Gasteiger partial charge in [-0.15, -0.1) is 0 Å². The molecule has 3 N–H and O–H groups in total. The Bertz CT molecular complexity index is 1130. The molecule has 1 aliphatic heterocycles. The predicted molar refractivity (Wildman–Crippen MR) is 140 cm³/mol. The van der Waals surface area contributed by atoms with Crippen molar-refractivity contribution in [3.63, 3.8) is 0 Å². The molecule has 0 bridgehead atoms. The molecule has 1 amide bonds. The number of hydrogen-bond donors (Lipinski definition) is 2. The number of methoxy groups -OCH3 is 1. The normalized spacial score (nSPS) is 14.0. The zero-order chi connectivity index (χ0) is 24.6. The quantitative estimate of drug-likeness (QED) is 0.468. The van der Waals surface area contributed by atoms with E-state index in [1.165, 1.54) is 0 Å². The molecule has 9 heteroatoms. The van der Waals surface area contributed by atoms with Crippen LogP contribution in [0.5, 0.6) is 11.6 Å². The molecule has 1 fully saturated rings. The Morgan fingerprint density at radius 3 is 2.57 bits per heavy atom. The number of aromatic nitrogens is 1. The second kappa shape index (κ2) is 11.9. The van der Waals surface area contributed by atoms with E-state index in [0.717, 1.165) is 53.1 Å². The summed E-state index contributed by atoms with van der Waals surface area (Å²) in [6.07, 6.45) is 0. The second-order valence-corrected chi connectivity index (χ2v) is 9.40. The zero-order valence-corrected chi connectivity index (χ0v) is 20.9. The maximum absolute atomic E-state index is 11.7. The van der Waals surface area contributed by atoms with Gasteiger partial charge in [0.15, 0.2) is 0 Å². The highest BCUT2D eigenvalue weighted by Crippen LogP contribution is 2.36. The number of hydrogen-bond acceptors (Lipinski definition) is 8. The van der Waals surface area contributed by atoms with Gasteiger partial charge in [-0.25, -0.2) is 0 Å². The van der Waals surface area contributed by atoms with Gasteiger partial charge in [0.2, 0.25) is 11.8 Å². The Morgan fingerprint density at radius 2 is 1.86 bits per heavy atom. The van der Waals surface area contributed by atoms with Crippen molar-refractivity contribution in [1.82, 2.24) is 9.88 Å². The summed E-state index contributed by atoms with van der Waals surface area (Å²) in [6.45, 7) is 4.19.